The molecule has 0 saturated carbocycles. The molecule has 4 nitrogen and oxygen atoms in total. The summed E-state index contributed by atoms with van der Waals surface area (Å²) < 4.78 is 15.3. The van der Waals surface area contributed by atoms with E-state index in [-0.39, 0.29) is 18.8 Å². The third-order valence-corrected chi connectivity index (χ3v) is 3.29. The Labute approximate surface area is 90.8 Å². The average Bonchev–Trinajstić information content (AvgIpc) is 2.03. The van der Waals surface area contributed by atoms with Crippen molar-refractivity contribution in [3.8, 4) is 0 Å². The molecule has 1 N–H and O–H groups in total. The summed E-state index contributed by atoms with van der Waals surface area (Å²) in [7, 11) is 1.60. The largest absolute Gasteiger partial charge is 0.379 e. The zero-order valence-electron chi connectivity index (χ0n) is 9.10. The van der Waals surface area contributed by atoms with Crippen molar-refractivity contribution in [3.05, 3.63) is 0 Å². The summed E-state index contributed by atoms with van der Waals surface area (Å²) >= 11 is 4.80. The first-order valence-electron chi connectivity index (χ1n) is 4.59. The molecule has 0 aliphatic rings. The SMILES string of the molecule is CCC(COP(O)(=S)OC(C)C)OC. The first-order valence-corrected chi connectivity index (χ1v) is 7.19. The minimum atomic E-state index is -3.08. The van der Waals surface area contributed by atoms with Crippen LogP contribution >= 0.6 is 6.72 Å². The van der Waals surface area contributed by atoms with Gasteiger partial charge >= 0.3 is 6.72 Å². The summed E-state index contributed by atoms with van der Waals surface area (Å²) in [4.78, 5) is 9.55. The first-order chi connectivity index (χ1) is 6.41. The average molecular weight is 242 g/mol. The van der Waals surface area contributed by atoms with Crippen LogP contribution in [0.2, 0.25) is 0 Å². The van der Waals surface area contributed by atoms with E-state index in [0.717, 1.165) is 6.42 Å². The molecule has 2 unspecified atom stereocenters. The Balaban J connectivity index is 3.91. The Morgan fingerprint density at radius 3 is 2.36 bits per heavy atom. The van der Waals surface area contributed by atoms with Gasteiger partial charge in [-0.15, -0.1) is 0 Å². The van der Waals surface area contributed by atoms with Crippen LogP contribution in [0, 0.1) is 0 Å². The molecule has 0 aromatic heterocycles. The highest BCUT2D eigenvalue weighted by Gasteiger charge is 2.18. The highest BCUT2D eigenvalue weighted by atomic mass is 32.5. The molecule has 0 aliphatic carbocycles. The summed E-state index contributed by atoms with van der Waals surface area (Å²) in [5.74, 6) is 0. The Morgan fingerprint density at radius 1 is 1.43 bits per heavy atom. The van der Waals surface area contributed by atoms with E-state index in [1.807, 2.05) is 6.92 Å². The van der Waals surface area contributed by atoms with Crippen LogP contribution in [0.4, 0.5) is 0 Å². The van der Waals surface area contributed by atoms with Crippen LogP contribution in [0.1, 0.15) is 27.2 Å². The van der Waals surface area contributed by atoms with E-state index in [2.05, 4.69) is 0 Å². The molecule has 0 fully saturated rings. The van der Waals surface area contributed by atoms with E-state index >= 15 is 0 Å². The Bertz CT molecular complexity index is 194. The Kier molecular flexibility index (Phi) is 7.12. The summed E-state index contributed by atoms with van der Waals surface area (Å²) in [6.45, 7) is 2.77. The molecule has 0 amide bonds. The van der Waals surface area contributed by atoms with Gasteiger partial charge in [0, 0.05) is 7.11 Å². The van der Waals surface area contributed by atoms with E-state index in [0.29, 0.717) is 0 Å². The van der Waals surface area contributed by atoms with E-state index in [4.69, 9.17) is 25.6 Å². The second-order valence-corrected chi connectivity index (χ2v) is 5.97. The molecule has 2 atom stereocenters. The van der Waals surface area contributed by atoms with Crippen molar-refractivity contribution >= 4 is 18.5 Å². The van der Waals surface area contributed by atoms with Gasteiger partial charge in [-0.3, -0.25) is 0 Å². The van der Waals surface area contributed by atoms with E-state index in [1.54, 1.807) is 21.0 Å². The lowest BCUT2D eigenvalue weighted by molar-refractivity contribution is 0.0436. The number of ether oxygens (including phenoxy) is 1. The number of hydrogen-bond donors (Lipinski definition) is 1. The fraction of sp³-hybridized carbons (Fsp3) is 1.00. The molecule has 14 heavy (non-hydrogen) atoms. The maximum atomic E-state index is 9.55. The molecule has 0 radical (unpaired) electrons. The van der Waals surface area contributed by atoms with Crippen LogP contribution in [0.25, 0.3) is 0 Å². The maximum Gasteiger partial charge on any atom is 0.324 e. The summed E-state index contributed by atoms with van der Waals surface area (Å²) in [6, 6.07) is 0. The highest BCUT2D eigenvalue weighted by molar-refractivity contribution is 8.07. The van der Waals surface area contributed by atoms with Gasteiger partial charge in [0.15, 0.2) is 0 Å². The van der Waals surface area contributed by atoms with Crippen LogP contribution in [-0.4, -0.2) is 30.8 Å². The molecule has 0 aromatic rings. The van der Waals surface area contributed by atoms with Gasteiger partial charge < -0.3 is 18.7 Å². The topological polar surface area (TPSA) is 47.9 Å². The summed E-state index contributed by atoms with van der Waals surface area (Å²) in [6.07, 6.45) is 0.641. The fourth-order valence-corrected chi connectivity index (χ4v) is 2.47. The van der Waals surface area contributed by atoms with Crippen LogP contribution in [0.15, 0.2) is 0 Å². The molecule has 0 bridgehead atoms. The van der Waals surface area contributed by atoms with Crippen molar-refractivity contribution in [2.75, 3.05) is 13.7 Å². The normalized spacial score (nSPS) is 18.1. The molecule has 0 spiro atoms. The van der Waals surface area contributed by atoms with Crippen LogP contribution < -0.4 is 0 Å². The van der Waals surface area contributed by atoms with Gasteiger partial charge in [-0.05, 0) is 32.1 Å². The lowest BCUT2D eigenvalue weighted by atomic mass is 10.3. The fourth-order valence-electron chi connectivity index (χ4n) is 0.827. The third kappa shape index (κ3) is 6.87. The lowest BCUT2D eigenvalue weighted by Crippen LogP contribution is -2.17. The van der Waals surface area contributed by atoms with Gasteiger partial charge in [0.25, 0.3) is 0 Å². The monoisotopic (exact) mass is 242 g/mol. The second-order valence-electron chi connectivity index (χ2n) is 3.18. The number of hydrogen-bond acceptors (Lipinski definition) is 4. The summed E-state index contributed by atoms with van der Waals surface area (Å²) in [5.41, 5.74) is 0. The van der Waals surface area contributed by atoms with E-state index in [9.17, 15) is 4.89 Å². The molecular weight excluding hydrogens is 223 g/mol. The Morgan fingerprint density at radius 2 is 2.00 bits per heavy atom. The van der Waals surface area contributed by atoms with Gasteiger partial charge in [-0.2, -0.15) is 0 Å². The predicted octanol–water partition coefficient (Wildman–Crippen LogP) is 2.07. The van der Waals surface area contributed by atoms with Crippen molar-refractivity contribution in [2.24, 2.45) is 0 Å². The van der Waals surface area contributed by atoms with Crippen molar-refractivity contribution in [2.45, 2.75) is 39.4 Å². The number of rotatable bonds is 7. The third-order valence-electron chi connectivity index (χ3n) is 1.56. The van der Waals surface area contributed by atoms with Gasteiger partial charge in [-0.1, -0.05) is 6.92 Å². The molecule has 0 heterocycles. The van der Waals surface area contributed by atoms with E-state index in [1.165, 1.54) is 0 Å². The molecule has 86 valence electrons. The van der Waals surface area contributed by atoms with Crippen LogP contribution in [0.5, 0.6) is 0 Å². The number of methoxy groups -OCH3 is 1. The molecule has 0 aliphatic heterocycles. The van der Waals surface area contributed by atoms with Crippen molar-refractivity contribution < 1.29 is 18.7 Å². The minimum Gasteiger partial charge on any atom is -0.379 e. The second kappa shape index (κ2) is 6.88. The van der Waals surface area contributed by atoms with Crippen molar-refractivity contribution in [1.29, 1.82) is 0 Å². The van der Waals surface area contributed by atoms with E-state index < -0.39 is 6.72 Å². The minimum absolute atomic E-state index is 0.0414. The smallest absolute Gasteiger partial charge is 0.324 e. The molecule has 0 rings (SSSR count). The predicted molar refractivity (Wildman–Crippen MR) is 59.8 cm³/mol. The highest BCUT2D eigenvalue weighted by Crippen LogP contribution is 2.45. The van der Waals surface area contributed by atoms with Crippen LogP contribution in [0.3, 0.4) is 0 Å². The van der Waals surface area contributed by atoms with Crippen molar-refractivity contribution in [3.63, 3.8) is 0 Å². The molecule has 0 saturated heterocycles. The first kappa shape index (κ1) is 14.5. The molecule has 0 aromatic carbocycles. The van der Waals surface area contributed by atoms with Gasteiger partial charge in [0.1, 0.15) is 0 Å². The quantitative estimate of drug-likeness (QED) is 0.692. The van der Waals surface area contributed by atoms with Crippen molar-refractivity contribution in [1.82, 2.24) is 0 Å². The van der Waals surface area contributed by atoms with Gasteiger partial charge in [0.05, 0.1) is 18.8 Å². The van der Waals surface area contributed by atoms with Gasteiger partial charge in [0.2, 0.25) is 0 Å². The molecular formula is C8H19O4PS. The van der Waals surface area contributed by atoms with Crippen LogP contribution in [-0.2, 0) is 25.6 Å². The standard InChI is InChI=1S/C8H19O4PS/c1-5-8(10-4)6-11-13(9,14)12-7(2)3/h7-8H,5-6H2,1-4H3,(H,9,14). The molecule has 6 heteroatoms. The Hall–Kier alpha value is 0.490. The zero-order valence-corrected chi connectivity index (χ0v) is 10.8. The van der Waals surface area contributed by atoms with Gasteiger partial charge in [-0.25, -0.2) is 0 Å². The maximum absolute atomic E-state index is 9.55. The zero-order chi connectivity index (χ0) is 11.2. The lowest BCUT2D eigenvalue weighted by Gasteiger charge is -2.20. The summed E-state index contributed by atoms with van der Waals surface area (Å²) in [5, 5.41) is 0.